The van der Waals surface area contributed by atoms with E-state index in [0.29, 0.717) is 18.0 Å². The zero-order chi connectivity index (χ0) is 13.9. The molecule has 1 aromatic carbocycles. The Morgan fingerprint density at radius 2 is 2.15 bits per heavy atom. The lowest BCUT2D eigenvalue weighted by Gasteiger charge is -2.36. The number of nitrogens with zero attached hydrogens (tertiary/aromatic N) is 1. The first kappa shape index (κ1) is 13.9. The number of benzene rings is 1. The molecule has 1 fully saturated rings. The molecule has 0 saturated carbocycles. The molecule has 3 heteroatoms. The first-order chi connectivity index (χ1) is 9.74. The Balaban J connectivity index is 1.57. The topological polar surface area (TPSA) is 24.5 Å². The number of piperidine rings is 1. The van der Waals surface area contributed by atoms with Gasteiger partial charge in [0.15, 0.2) is 0 Å². The molecule has 0 aliphatic carbocycles. The van der Waals surface area contributed by atoms with E-state index in [9.17, 15) is 0 Å². The number of nitrogens with one attached hydrogen (secondary N) is 1. The second kappa shape index (κ2) is 6.15. The Morgan fingerprint density at radius 1 is 1.30 bits per heavy atom. The van der Waals surface area contributed by atoms with Crippen molar-refractivity contribution in [3.8, 4) is 5.75 Å². The molecule has 0 spiro atoms. The zero-order valence-electron chi connectivity index (χ0n) is 12.6. The maximum Gasteiger partial charge on any atom is 0.122 e. The Morgan fingerprint density at radius 3 is 3.00 bits per heavy atom. The van der Waals surface area contributed by atoms with Crippen LogP contribution in [0.3, 0.4) is 0 Å². The lowest BCUT2D eigenvalue weighted by Crippen LogP contribution is -2.46. The van der Waals surface area contributed by atoms with E-state index in [-0.39, 0.29) is 0 Å². The molecule has 20 heavy (non-hydrogen) atoms. The summed E-state index contributed by atoms with van der Waals surface area (Å²) in [4.78, 5) is 2.46. The summed E-state index contributed by atoms with van der Waals surface area (Å²) in [6.07, 6.45) is 3.67. The number of rotatable bonds is 3. The molecular formula is C17H26N2O. The van der Waals surface area contributed by atoms with E-state index in [1.807, 2.05) is 0 Å². The molecule has 0 aromatic heterocycles. The second-order valence-corrected chi connectivity index (χ2v) is 6.33. The highest BCUT2D eigenvalue weighted by atomic mass is 16.5. The minimum Gasteiger partial charge on any atom is -0.493 e. The molecular weight excluding hydrogens is 248 g/mol. The van der Waals surface area contributed by atoms with Crippen molar-refractivity contribution in [1.29, 1.82) is 0 Å². The summed E-state index contributed by atoms with van der Waals surface area (Å²) in [7, 11) is 2.23. The van der Waals surface area contributed by atoms with Crippen LogP contribution in [0.2, 0.25) is 0 Å². The summed E-state index contributed by atoms with van der Waals surface area (Å²) in [6, 6.07) is 9.88. The summed E-state index contributed by atoms with van der Waals surface area (Å²) >= 11 is 0. The molecule has 0 radical (unpaired) electrons. The van der Waals surface area contributed by atoms with E-state index in [4.69, 9.17) is 4.74 Å². The first-order valence-electron chi connectivity index (χ1n) is 7.89. The predicted octanol–water partition coefficient (Wildman–Crippen LogP) is 2.63. The van der Waals surface area contributed by atoms with Crippen LogP contribution in [0, 0.1) is 0 Å². The van der Waals surface area contributed by atoms with Gasteiger partial charge in [0.05, 0.1) is 6.61 Å². The Labute approximate surface area is 122 Å². The number of ether oxygens (including phenoxy) is 1. The standard InChI is InChI=1S/C17H26N2O/c1-13-11-15(7-9-19(13)2)18-12-14-8-10-20-17-6-4-3-5-16(14)17/h3-6,13-15,18H,7-12H2,1-2H3. The van der Waals surface area contributed by atoms with Crippen molar-refractivity contribution >= 4 is 0 Å². The lowest BCUT2D eigenvalue weighted by atomic mass is 9.92. The van der Waals surface area contributed by atoms with Gasteiger partial charge in [-0.25, -0.2) is 0 Å². The van der Waals surface area contributed by atoms with Crippen molar-refractivity contribution in [2.24, 2.45) is 0 Å². The Bertz CT molecular complexity index is 448. The third kappa shape index (κ3) is 2.99. The highest BCUT2D eigenvalue weighted by molar-refractivity contribution is 5.37. The molecule has 1 N–H and O–H groups in total. The highest BCUT2D eigenvalue weighted by Gasteiger charge is 2.25. The number of fused-ring (bicyclic) bond motifs is 1. The van der Waals surface area contributed by atoms with Crippen LogP contribution < -0.4 is 10.1 Å². The quantitative estimate of drug-likeness (QED) is 0.917. The summed E-state index contributed by atoms with van der Waals surface area (Å²) in [6.45, 7) is 5.48. The molecule has 3 atom stereocenters. The summed E-state index contributed by atoms with van der Waals surface area (Å²) in [5.41, 5.74) is 1.38. The highest BCUT2D eigenvalue weighted by Crippen LogP contribution is 2.33. The maximum absolute atomic E-state index is 5.74. The van der Waals surface area contributed by atoms with E-state index in [0.717, 1.165) is 25.3 Å². The molecule has 2 heterocycles. The number of likely N-dealkylation sites (tertiary alicyclic amines) is 1. The minimum absolute atomic E-state index is 0.606. The average molecular weight is 274 g/mol. The zero-order valence-corrected chi connectivity index (χ0v) is 12.6. The second-order valence-electron chi connectivity index (χ2n) is 6.33. The van der Waals surface area contributed by atoms with Crippen LogP contribution in [-0.4, -0.2) is 43.7 Å². The van der Waals surface area contributed by atoms with Gasteiger partial charge < -0.3 is 15.0 Å². The van der Waals surface area contributed by atoms with Crippen LogP contribution >= 0.6 is 0 Å². The number of hydrogen-bond acceptors (Lipinski definition) is 3. The molecule has 0 amide bonds. The molecule has 3 unspecified atom stereocenters. The Kier molecular flexibility index (Phi) is 4.27. The van der Waals surface area contributed by atoms with Gasteiger partial charge in [-0.1, -0.05) is 18.2 Å². The summed E-state index contributed by atoms with van der Waals surface area (Å²) in [5, 5.41) is 3.80. The van der Waals surface area contributed by atoms with Gasteiger partial charge in [-0.3, -0.25) is 0 Å². The minimum atomic E-state index is 0.606. The lowest BCUT2D eigenvalue weighted by molar-refractivity contribution is 0.166. The van der Waals surface area contributed by atoms with Gasteiger partial charge in [0.25, 0.3) is 0 Å². The van der Waals surface area contributed by atoms with Crippen molar-refractivity contribution in [2.45, 2.75) is 44.2 Å². The summed E-state index contributed by atoms with van der Waals surface area (Å²) in [5.74, 6) is 1.69. The smallest absolute Gasteiger partial charge is 0.122 e. The SMILES string of the molecule is CC1CC(NCC2CCOc3ccccc32)CCN1C. The molecule has 1 saturated heterocycles. The van der Waals surface area contributed by atoms with Gasteiger partial charge in [0, 0.05) is 24.5 Å². The fourth-order valence-electron chi connectivity index (χ4n) is 3.41. The van der Waals surface area contributed by atoms with E-state index in [1.54, 1.807) is 0 Å². The van der Waals surface area contributed by atoms with E-state index < -0.39 is 0 Å². The molecule has 0 bridgehead atoms. The van der Waals surface area contributed by atoms with E-state index in [1.165, 1.54) is 24.9 Å². The third-order valence-electron chi connectivity index (χ3n) is 4.94. The van der Waals surface area contributed by atoms with Gasteiger partial charge in [-0.2, -0.15) is 0 Å². The van der Waals surface area contributed by atoms with E-state index in [2.05, 4.69) is 48.5 Å². The number of hydrogen-bond donors (Lipinski definition) is 1. The predicted molar refractivity (Wildman–Crippen MR) is 82.4 cm³/mol. The van der Waals surface area contributed by atoms with Crippen LogP contribution in [-0.2, 0) is 0 Å². The van der Waals surface area contributed by atoms with Crippen molar-refractivity contribution in [1.82, 2.24) is 10.2 Å². The average Bonchev–Trinajstić information content (AvgIpc) is 2.48. The van der Waals surface area contributed by atoms with Crippen LogP contribution in [0.4, 0.5) is 0 Å². The van der Waals surface area contributed by atoms with E-state index >= 15 is 0 Å². The monoisotopic (exact) mass is 274 g/mol. The summed E-state index contributed by atoms with van der Waals surface area (Å²) < 4.78 is 5.74. The fourth-order valence-corrected chi connectivity index (χ4v) is 3.41. The van der Waals surface area contributed by atoms with Gasteiger partial charge in [-0.15, -0.1) is 0 Å². The van der Waals surface area contributed by atoms with Crippen LogP contribution in [0.5, 0.6) is 5.75 Å². The van der Waals surface area contributed by atoms with Gasteiger partial charge >= 0.3 is 0 Å². The molecule has 3 rings (SSSR count). The van der Waals surface area contributed by atoms with Crippen LogP contribution in [0.15, 0.2) is 24.3 Å². The molecule has 110 valence electrons. The molecule has 2 aliphatic rings. The van der Waals surface area contributed by atoms with Gasteiger partial charge in [0.1, 0.15) is 5.75 Å². The normalized spacial score (nSPS) is 30.6. The van der Waals surface area contributed by atoms with Crippen LogP contribution in [0.1, 0.15) is 37.7 Å². The number of para-hydroxylation sites is 1. The van der Waals surface area contributed by atoms with Gasteiger partial charge in [0.2, 0.25) is 0 Å². The first-order valence-corrected chi connectivity index (χ1v) is 7.89. The molecule has 1 aromatic rings. The fraction of sp³-hybridized carbons (Fsp3) is 0.647. The molecule has 2 aliphatic heterocycles. The molecule has 3 nitrogen and oxygen atoms in total. The van der Waals surface area contributed by atoms with Gasteiger partial charge in [-0.05, 0) is 51.4 Å². The third-order valence-corrected chi connectivity index (χ3v) is 4.94. The van der Waals surface area contributed by atoms with Crippen molar-refractivity contribution in [3.05, 3.63) is 29.8 Å². The van der Waals surface area contributed by atoms with Crippen molar-refractivity contribution < 1.29 is 4.74 Å². The largest absolute Gasteiger partial charge is 0.493 e. The van der Waals surface area contributed by atoms with Crippen LogP contribution in [0.25, 0.3) is 0 Å². The maximum atomic E-state index is 5.74. The van der Waals surface area contributed by atoms with Crippen molar-refractivity contribution in [3.63, 3.8) is 0 Å². The van der Waals surface area contributed by atoms with Crippen molar-refractivity contribution in [2.75, 3.05) is 26.7 Å². The Hall–Kier alpha value is -1.06.